The van der Waals surface area contributed by atoms with Gasteiger partial charge in [-0.15, -0.1) is 0 Å². The number of carbonyl (C=O) groups is 2. The lowest BCUT2D eigenvalue weighted by molar-refractivity contribution is -0.152. The Hall–Kier alpha value is -0.790. The van der Waals surface area contributed by atoms with Gasteiger partial charge in [-0.1, -0.05) is 11.8 Å². The number of ether oxygens (including phenoxy) is 2. The number of esters is 2. The minimum atomic E-state index is -1.98. The van der Waals surface area contributed by atoms with Crippen LogP contribution in [0.25, 0.3) is 0 Å². The minimum absolute atomic E-state index is 0.329. The van der Waals surface area contributed by atoms with E-state index in [9.17, 15) is 14.7 Å². The number of hydrogen-bond acceptors (Lipinski definition) is 7. The van der Waals surface area contributed by atoms with E-state index in [1.165, 1.54) is 0 Å². The van der Waals surface area contributed by atoms with Gasteiger partial charge < -0.3 is 19.7 Å². The Morgan fingerprint density at radius 2 is 1.86 bits per heavy atom. The molecule has 0 rings (SSSR count). The summed E-state index contributed by atoms with van der Waals surface area (Å²) in [5.74, 6) is -1.90. The molecule has 0 aliphatic carbocycles. The summed E-state index contributed by atoms with van der Waals surface area (Å²) in [4.78, 5) is 19.7. The lowest BCUT2D eigenvalue weighted by Crippen LogP contribution is -2.36. The molecular formula is C7H12O6S. The van der Waals surface area contributed by atoms with Crippen LogP contribution in [-0.2, 0) is 19.1 Å². The van der Waals surface area contributed by atoms with Crippen molar-refractivity contribution in [3.63, 3.8) is 0 Å². The summed E-state index contributed by atoms with van der Waals surface area (Å²) in [6, 6.07) is 0. The maximum Gasteiger partial charge on any atom is 0.348 e. The molecule has 2 atom stereocenters. The van der Waals surface area contributed by atoms with Crippen molar-refractivity contribution in [2.75, 3.05) is 14.2 Å². The normalized spacial score (nSPS) is 16.6. The van der Waals surface area contributed by atoms with Gasteiger partial charge in [0.25, 0.3) is 0 Å². The molecule has 0 spiro atoms. The van der Waals surface area contributed by atoms with E-state index in [0.29, 0.717) is 11.8 Å². The second-order valence-electron chi connectivity index (χ2n) is 2.47. The highest BCUT2D eigenvalue weighted by atomic mass is 32.2. The first kappa shape index (κ1) is 13.2. The fourth-order valence-corrected chi connectivity index (χ4v) is 1.41. The molecule has 0 amide bonds. The summed E-state index contributed by atoms with van der Waals surface area (Å²) < 4.78 is 8.45. The number of aliphatic hydroxyl groups excluding tert-OH is 1. The Morgan fingerprint density at radius 1 is 1.36 bits per heavy atom. The topological polar surface area (TPSA) is 93.1 Å². The molecule has 2 N–H and O–H groups in total. The lowest BCUT2D eigenvalue weighted by atomic mass is 10.4. The van der Waals surface area contributed by atoms with E-state index in [-0.39, 0.29) is 0 Å². The molecule has 0 heterocycles. The van der Waals surface area contributed by atoms with Gasteiger partial charge in [0.1, 0.15) is 0 Å². The molecule has 0 aromatic carbocycles. The Kier molecular flexibility index (Phi) is 4.89. The summed E-state index contributed by atoms with van der Waals surface area (Å²) >= 11 is 0.329. The summed E-state index contributed by atoms with van der Waals surface area (Å²) in [5.41, 5.74) is -1.63. The van der Waals surface area contributed by atoms with Crippen molar-refractivity contribution in [3.8, 4) is 0 Å². The molecule has 0 aromatic heterocycles. The largest absolute Gasteiger partial charge is 0.466 e. The highest BCUT2D eigenvalue weighted by Crippen LogP contribution is 2.27. The van der Waals surface area contributed by atoms with Gasteiger partial charge in [0.05, 0.1) is 14.2 Å². The standard InChI is InChI=1S/C7H12O6S/c1-7(11,6(10)13-3)14-5(9)4(8)12-2/h5,9,11H,1-3H3. The average Bonchev–Trinajstić information content (AvgIpc) is 2.14. The average molecular weight is 224 g/mol. The SMILES string of the molecule is COC(=O)C(O)SC(C)(O)C(=O)OC. The summed E-state index contributed by atoms with van der Waals surface area (Å²) in [6.45, 7) is 1.11. The number of aliphatic hydroxyl groups is 2. The fourth-order valence-electron chi connectivity index (χ4n) is 0.604. The maximum atomic E-state index is 10.9. The minimum Gasteiger partial charge on any atom is -0.466 e. The zero-order valence-electron chi connectivity index (χ0n) is 8.01. The van der Waals surface area contributed by atoms with E-state index >= 15 is 0 Å². The molecular weight excluding hydrogens is 212 g/mol. The number of carbonyl (C=O) groups excluding carboxylic acids is 2. The first-order chi connectivity index (χ1) is 6.35. The van der Waals surface area contributed by atoms with E-state index in [0.717, 1.165) is 21.1 Å². The molecule has 0 saturated heterocycles. The Balaban J connectivity index is 4.35. The second-order valence-corrected chi connectivity index (χ2v) is 3.95. The summed E-state index contributed by atoms with van der Waals surface area (Å²) in [7, 11) is 2.17. The Morgan fingerprint density at radius 3 is 2.21 bits per heavy atom. The smallest absolute Gasteiger partial charge is 0.348 e. The van der Waals surface area contributed by atoms with Crippen molar-refractivity contribution >= 4 is 23.7 Å². The lowest BCUT2D eigenvalue weighted by Gasteiger charge is -2.21. The first-order valence-electron chi connectivity index (χ1n) is 3.59. The molecule has 0 aliphatic heterocycles. The van der Waals surface area contributed by atoms with Gasteiger partial charge in [0.15, 0.2) is 0 Å². The predicted octanol–water partition coefficient (Wildman–Crippen LogP) is -0.908. The third-order valence-corrected chi connectivity index (χ3v) is 2.35. The van der Waals surface area contributed by atoms with Crippen LogP contribution in [0.3, 0.4) is 0 Å². The van der Waals surface area contributed by atoms with Crippen LogP contribution in [0, 0.1) is 0 Å². The van der Waals surface area contributed by atoms with Gasteiger partial charge in [-0.2, -0.15) is 0 Å². The quantitative estimate of drug-likeness (QED) is 0.471. The Labute approximate surface area is 85.2 Å². The second kappa shape index (κ2) is 5.18. The monoisotopic (exact) mass is 224 g/mol. The zero-order valence-corrected chi connectivity index (χ0v) is 8.83. The first-order valence-corrected chi connectivity index (χ1v) is 4.47. The molecule has 0 aromatic rings. The molecule has 14 heavy (non-hydrogen) atoms. The van der Waals surface area contributed by atoms with Crippen LogP contribution in [0.15, 0.2) is 0 Å². The molecule has 0 saturated carbocycles. The van der Waals surface area contributed by atoms with Crippen molar-refractivity contribution < 1.29 is 29.3 Å². The van der Waals surface area contributed by atoms with Gasteiger partial charge >= 0.3 is 11.9 Å². The molecule has 7 heteroatoms. The van der Waals surface area contributed by atoms with Crippen molar-refractivity contribution in [3.05, 3.63) is 0 Å². The number of rotatable bonds is 4. The third kappa shape index (κ3) is 3.52. The van der Waals surface area contributed by atoms with Crippen molar-refractivity contribution in [2.24, 2.45) is 0 Å². The van der Waals surface area contributed by atoms with Crippen molar-refractivity contribution in [1.29, 1.82) is 0 Å². The van der Waals surface area contributed by atoms with Crippen molar-refractivity contribution in [2.45, 2.75) is 17.3 Å². The molecule has 6 nitrogen and oxygen atoms in total. The highest BCUT2D eigenvalue weighted by molar-refractivity contribution is 8.02. The zero-order chi connectivity index (χ0) is 11.4. The van der Waals surface area contributed by atoms with Gasteiger partial charge in [-0.25, -0.2) is 9.59 Å². The van der Waals surface area contributed by atoms with E-state index in [1.807, 2.05) is 0 Å². The number of methoxy groups -OCH3 is 2. The number of thioether (sulfide) groups is 1. The van der Waals surface area contributed by atoms with E-state index in [2.05, 4.69) is 9.47 Å². The van der Waals surface area contributed by atoms with Gasteiger partial charge in [-0.05, 0) is 6.92 Å². The highest BCUT2D eigenvalue weighted by Gasteiger charge is 2.37. The van der Waals surface area contributed by atoms with Gasteiger partial charge in [0, 0.05) is 0 Å². The van der Waals surface area contributed by atoms with Crippen LogP contribution in [-0.4, -0.2) is 46.7 Å². The maximum absolute atomic E-state index is 10.9. The van der Waals surface area contributed by atoms with Crippen molar-refractivity contribution in [1.82, 2.24) is 0 Å². The van der Waals surface area contributed by atoms with E-state index < -0.39 is 22.3 Å². The number of hydrogen-bond donors (Lipinski definition) is 2. The molecule has 0 radical (unpaired) electrons. The van der Waals surface area contributed by atoms with Gasteiger partial charge in [-0.3, -0.25) is 0 Å². The summed E-state index contributed by atoms with van der Waals surface area (Å²) in [6.07, 6.45) is 0. The predicted molar refractivity (Wildman–Crippen MR) is 48.3 cm³/mol. The Bertz CT molecular complexity index is 226. The molecule has 0 bridgehead atoms. The van der Waals surface area contributed by atoms with Crippen LogP contribution in [0.2, 0.25) is 0 Å². The van der Waals surface area contributed by atoms with Crippen LogP contribution >= 0.6 is 11.8 Å². The van der Waals surface area contributed by atoms with Crippen LogP contribution in [0.4, 0.5) is 0 Å². The molecule has 0 aliphatic rings. The van der Waals surface area contributed by atoms with Gasteiger partial charge in [0.2, 0.25) is 10.4 Å². The molecule has 2 unspecified atom stereocenters. The van der Waals surface area contributed by atoms with E-state index in [1.54, 1.807) is 0 Å². The van der Waals surface area contributed by atoms with Crippen LogP contribution in [0.5, 0.6) is 0 Å². The van der Waals surface area contributed by atoms with Crippen LogP contribution in [0.1, 0.15) is 6.92 Å². The third-order valence-electron chi connectivity index (χ3n) is 1.31. The van der Waals surface area contributed by atoms with E-state index in [4.69, 9.17) is 5.11 Å². The molecule has 82 valence electrons. The molecule has 0 fully saturated rings. The van der Waals surface area contributed by atoms with Crippen LogP contribution < -0.4 is 0 Å². The fraction of sp³-hybridized carbons (Fsp3) is 0.714. The summed E-state index contributed by atoms with van der Waals surface area (Å²) in [5, 5.41) is 18.5.